The van der Waals surface area contributed by atoms with E-state index in [9.17, 15) is 14.4 Å². The van der Waals surface area contributed by atoms with Gasteiger partial charge in [0.25, 0.3) is 0 Å². The van der Waals surface area contributed by atoms with Gasteiger partial charge in [-0.25, -0.2) is 13.8 Å². The summed E-state index contributed by atoms with van der Waals surface area (Å²) in [6.45, 7) is 7.12. The summed E-state index contributed by atoms with van der Waals surface area (Å²) in [4.78, 5) is 15.6. The fraction of sp³-hybridized carbons (Fsp3) is 0.452. The summed E-state index contributed by atoms with van der Waals surface area (Å²) in [6, 6.07) is 4.46. The molecular formula is C31H34F2N2O3. The van der Waals surface area contributed by atoms with Crippen LogP contribution in [0.25, 0.3) is 0 Å². The zero-order valence-electron chi connectivity index (χ0n) is 22.4. The highest BCUT2D eigenvalue weighted by Crippen LogP contribution is 2.56. The molecule has 1 unspecified atom stereocenters. The van der Waals surface area contributed by atoms with Crippen molar-refractivity contribution in [1.29, 1.82) is 0 Å². The minimum absolute atomic E-state index is 0.0447. The van der Waals surface area contributed by atoms with E-state index in [-0.39, 0.29) is 24.7 Å². The Balaban J connectivity index is 1.37. The number of aromatic nitrogens is 1. The highest BCUT2D eigenvalue weighted by atomic mass is 19.1. The van der Waals surface area contributed by atoms with Crippen LogP contribution in [0.3, 0.4) is 0 Å². The summed E-state index contributed by atoms with van der Waals surface area (Å²) in [7, 11) is 0. The quantitative estimate of drug-likeness (QED) is 0.355. The number of hydrogen-bond acceptors (Lipinski definition) is 5. The Morgan fingerprint density at radius 3 is 2.66 bits per heavy atom. The van der Waals surface area contributed by atoms with Gasteiger partial charge in [0.05, 0.1) is 6.61 Å². The van der Waals surface area contributed by atoms with Crippen LogP contribution in [0.4, 0.5) is 8.78 Å². The molecule has 7 heteroatoms. The zero-order chi connectivity index (χ0) is 27.2. The predicted molar refractivity (Wildman–Crippen MR) is 143 cm³/mol. The standard InChI is InChI=1S/C31H34F2N2O3/c1-17-7-20(5-6-31(4,16-36)35-37)8-18(2)30(19(17)3)25-11-23(27(32)13-28(25)33)15-38-29-12-22-9-21-10-24(21)26(22)14-34-29/h7-8,11-14,21,24,30,36H,5-6,9-10,15-16H2,1-4H3/t21-,24+,30-,31?/m0/s1. The maximum absolute atomic E-state index is 15.2. The van der Waals surface area contributed by atoms with Gasteiger partial charge in [-0.05, 0) is 93.5 Å². The summed E-state index contributed by atoms with van der Waals surface area (Å²) < 4.78 is 35.9. The lowest BCUT2D eigenvalue weighted by molar-refractivity contribution is 0.201. The predicted octanol–water partition coefficient (Wildman–Crippen LogP) is 7.20. The van der Waals surface area contributed by atoms with E-state index in [1.54, 1.807) is 13.0 Å². The lowest BCUT2D eigenvalue weighted by Crippen LogP contribution is -2.26. The van der Waals surface area contributed by atoms with E-state index in [1.165, 1.54) is 17.5 Å². The molecule has 1 aromatic carbocycles. The van der Waals surface area contributed by atoms with Gasteiger partial charge in [0.2, 0.25) is 5.88 Å². The SMILES string of the molecule is CC1=CC(CCC(C)(CO)N=O)=CC(C)=C(C)[C@H]1c1cc(COc2cc3c(cn2)[C@@H]2C[C@@H]2C3)c(F)cc1F. The van der Waals surface area contributed by atoms with Gasteiger partial charge >= 0.3 is 0 Å². The fourth-order valence-corrected chi connectivity index (χ4v) is 5.88. The number of nitroso groups, excluding NO2 is 1. The number of hydrogen-bond donors (Lipinski definition) is 1. The molecule has 1 aromatic heterocycles. The number of halogens is 2. The molecule has 200 valence electrons. The molecule has 1 saturated carbocycles. The van der Waals surface area contributed by atoms with E-state index in [0.29, 0.717) is 30.2 Å². The first-order valence-corrected chi connectivity index (χ1v) is 13.2. The summed E-state index contributed by atoms with van der Waals surface area (Å²) in [5.41, 5.74) is 6.00. The molecule has 1 fully saturated rings. The van der Waals surface area contributed by atoms with Crippen molar-refractivity contribution in [3.63, 3.8) is 0 Å². The molecule has 0 radical (unpaired) electrons. The maximum atomic E-state index is 15.2. The molecule has 3 aliphatic rings. The molecule has 0 saturated heterocycles. The average molecular weight is 521 g/mol. The largest absolute Gasteiger partial charge is 0.473 e. The summed E-state index contributed by atoms with van der Waals surface area (Å²) in [6.07, 6.45) is 9.12. The molecule has 2 aromatic rings. The molecule has 1 N–H and O–H groups in total. The van der Waals surface area contributed by atoms with Crippen LogP contribution >= 0.6 is 0 Å². The zero-order valence-corrected chi connectivity index (χ0v) is 22.4. The molecule has 4 atom stereocenters. The van der Waals surface area contributed by atoms with Crippen LogP contribution in [0.2, 0.25) is 0 Å². The second kappa shape index (κ2) is 10.2. The van der Waals surface area contributed by atoms with Crippen LogP contribution in [-0.2, 0) is 13.0 Å². The second-order valence-electron chi connectivity index (χ2n) is 11.4. The normalized spacial score (nSPS) is 23.6. The second-order valence-corrected chi connectivity index (χ2v) is 11.4. The van der Waals surface area contributed by atoms with Crippen molar-refractivity contribution in [3.8, 4) is 5.88 Å². The molecule has 1 heterocycles. The van der Waals surface area contributed by atoms with Crippen LogP contribution in [0.15, 0.2) is 64.0 Å². The van der Waals surface area contributed by atoms with E-state index >= 15 is 4.39 Å². The van der Waals surface area contributed by atoms with Crippen molar-refractivity contribution < 1.29 is 18.6 Å². The van der Waals surface area contributed by atoms with Gasteiger partial charge in [-0.2, -0.15) is 4.91 Å². The number of aliphatic hydroxyl groups is 1. The molecule has 0 spiro atoms. The van der Waals surface area contributed by atoms with Crippen molar-refractivity contribution in [1.82, 2.24) is 4.98 Å². The van der Waals surface area contributed by atoms with Gasteiger partial charge in [-0.1, -0.05) is 34.0 Å². The number of ether oxygens (including phenoxy) is 1. The Bertz CT molecular complexity index is 1380. The molecule has 5 nitrogen and oxygen atoms in total. The van der Waals surface area contributed by atoms with Crippen LogP contribution in [0.5, 0.6) is 5.88 Å². The molecule has 3 aliphatic carbocycles. The lowest BCUT2D eigenvalue weighted by Gasteiger charge is -2.22. The van der Waals surface area contributed by atoms with Gasteiger partial charge in [0, 0.05) is 29.8 Å². The Labute approximate surface area is 222 Å². The molecule has 0 bridgehead atoms. The summed E-state index contributed by atoms with van der Waals surface area (Å²) in [5, 5.41) is 12.6. The minimum atomic E-state index is -1.05. The first-order chi connectivity index (χ1) is 18.1. The number of benzene rings is 1. The summed E-state index contributed by atoms with van der Waals surface area (Å²) >= 11 is 0. The molecule has 0 amide bonds. The van der Waals surface area contributed by atoms with Gasteiger partial charge in [0.1, 0.15) is 23.8 Å². The van der Waals surface area contributed by atoms with Crippen molar-refractivity contribution in [2.75, 3.05) is 6.61 Å². The smallest absolute Gasteiger partial charge is 0.213 e. The Hall–Kier alpha value is -3.19. The topological polar surface area (TPSA) is 71.8 Å². The van der Waals surface area contributed by atoms with E-state index in [1.807, 2.05) is 45.2 Å². The van der Waals surface area contributed by atoms with Crippen LogP contribution < -0.4 is 4.74 Å². The Morgan fingerprint density at radius 2 is 1.92 bits per heavy atom. The third-order valence-corrected chi connectivity index (χ3v) is 8.49. The number of pyridine rings is 1. The van der Waals surface area contributed by atoms with Crippen molar-refractivity contribution in [2.45, 2.75) is 77.4 Å². The first kappa shape index (κ1) is 26.4. The van der Waals surface area contributed by atoms with Gasteiger partial charge < -0.3 is 9.84 Å². The molecule has 5 rings (SSSR count). The molecular weight excluding hydrogens is 486 g/mol. The van der Waals surface area contributed by atoms with Gasteiger partial charge in [-0.3, -0.25) is 0 Å². The van der Waals surface area contributed by atoms with Crippen LogP contribution in [-0.4, -0.2) is 22.2 Å². The first-order valence-electron chi connectivity index (χ1n) is 13.2. The number of nitrogens with zero attached hydrogens (tertiary/aromatic N) is 2. The van der Waals surface area contributed by atoms with Gasteiger partial charge in [-0.15, -0.1) is 0 Å². The van der Waals surface area contributed by atoms with E-state index < -0.39 is 17.2 Å². The fourth-order valence-electron chi connectivity index (χ4n) is 5.88. The highest BCUT2D eigenvalue weighted by Gasteiger charge is 2.45. The molecule has 38 heavy (non-hydrogen) atoms. The van der Waals surface area contributed by atoms with Crippen LogP contribution in [0, 0.1) is 22.5 Å². The summed E-state index contributed by atoms with van der Waals surface area (Å²) in [5.74, 6) is 0.224. The van der Waals surface area contributed by atoms with Crippen molar-refractivity contribution in [3.05, 3.63) is 97.6 Å². The van der Waals surface area contributed by atoms with Crippen molar-refractivity contribution in [2.24, 2.45) is 11.1 Å². The van der Waals surface area contributed by atoms with E-state index in [0.717, 1.165) is 40.7 Å². The number of aliphatic hydroxyl groups excluding tert-OH is 1. The van der Waals surface area contributed by atoms with Gasteiger partial charge in [0.15, 0.2) is 0 Å². The van der Waals surface area contributed by atoms with E-state index in [2.05, 4.69) is 10.2 Å². The number of allylic oxidation sites excluding steroid dienone is 6. The Morgan fingerprint density at radius 1 is 1.13 bits per heavy atom. The minimum Gasteiger partial charge on any atom is -0.473 e. The number of fused-ring (bicyclic) bond motifs is 3. The number of rotatable bonds is 9. The third kappa shape index (κ3) is 5.08. The Kier molecular flexibility index (Phi) is 7.07. The third-order valence-electron chi connectivity index (χ3n) is 8.49. The average Bonchev–Trinajstić information content (AvgIpc) is 3.59. The molecule has 0 aliphatic heterocycles. The van der Waals surface area contributed by atoms with E-state index in [4.69, 9.17) is 4.74 Å². The lowest BCUT2D eigenvalue weighted by atomic mass is 9.83. The van der Waals surface area contributed by atoms with Crippen molar-refractivity contribution >= 4 is 0 Å². The maximum Gasteiger partial charge on any atom is 0.213 e. The highest BCUT2D eigenvalue weighted by molar-refractivity contribution is 5.49. The monoisotopic (exact) mass is 520 g/mol. The van der Waals surface area contributed by atoms with Crippen LogP contribution in [0.1, 0.15) is 81.0 Å².